The van der Waals surface area contributed by atoms with Crippen molar-refractivity contribution in [2.24, 2.45) is 5.92 Å². The summed E-state index contributed by atoms with van der Waals surface area (Å²) in [5.41, 5.74) is -1.35. The maximum atomic E-state index is 12.7. The van der Waals surface area contributed by atoms with Crippen molar-refractivity contribution in [2.45, 2.75) is 70.4 Å². The van der Waals surface area contributed by atoms with E-state index in [0.717, 1.165) is 38.5 Å². The second kappa shape index (κ2) is 6.22. The smallest absolute Gasteiger partial charge is 0.325 e. The van der Waals surface area contributed by atoms with Crippen LogP contribution in [0.5, 0.6) is 0 Å². The molecule has 2 N–H and O–H groups in total. The Hall–Kier alpha value is -0.660. The van der Waals surface area contributed by atoms with Crippen molar-refractivity contribution >= 4 is 16.2 Å². The molecule has 122 valence electrons. The number of carbonyl (C=O) groups is 1. The molecule has 7 heteroatoms. The first kappa shape index (κ1) is 16.7. The molecule has 0 amide bonds. The molecule has 1 saturated carbocycles. The Morgan fingerprint density at radius 2 is 1.86 bits per heavy atom. The zero-order chi connectivity index (χ0) is 15.7. The summed E-state index contributed by atoms with van der Waals surface area (Å²) in [4.78, 5) is 11.8. The summed E-state index contributed by atoms with van der Waals surface area (Å²) in [5, 5.41) is 9.64. The summed E-state index contributed by atoms with van der Waals surface area (Å²) in [7, 11) is -3.77. The number of carboxylic acids is 1. The van der Waals surface area contributed by atoms with Gasteiger partial charge in [0, 0.05) is 12.6 Å². The first-order valence-electron chi connectivity index (χ1n) is 7.84. The van der Waals surface area contributed by atoms with E-state index in [-0.39, 0.29) is 12.0 Å². The van der Waals surface area contributed by atoms with Gasteiger partial charge in [0.05, 0.1) is 0 Å². The number of aliphatic carboxylic acids is 1. The van der Waals surface area contributed by atoms with Gasteiger partial charge in [-0.3, -0.25) is 4.79 Å². The molecule has 0 spiro atoms. The van der Waals surface area contributed by atoms with E-state index in [2.05, 4.69) is 4.72 Å². The van der Waals surface area contributed by atoms with Crippen LogP contribution in [0.25, 0.3) is 0 Å². The van der Waals surface area contributed by atoms with Crippen molar-refractivity contribution in [2.75, 3.05) is 6.54 Å². The van der Waals surface area contributed by atoms with E-state index < -0.39 is 21.7 Å². The molecule has 0 aromatic rings. The molecule has 2 fully saturated rings. The lowest BCUT2D eigenvalue weighted by Gasteiger charge is -2.42. The molecular weight excluding hydrogens is 292 g/mol. The Morgan fingerprint density at radius 3 is 2.43 bits per heavy atom. The molecule has 6 nitrogen and oxygen atoms in total. The molecule has 3 unspecified atom stereocenters. The molecule has 1 aliphatic carbocycles. The number of carboxylic acid groups (broad SMARTS) is 1. The van der Waals surface area contributed by atoms with Gasteiger partial charge in [-0.25, -0.2) is 0 Å². The highest BCUT2D eigenvalue weighted by Crippen LogP contribution is 2.35. The molecule has 0 bridgehead atoms. The molecule has 0 aromatic carbocycles. The van der Waals surface area contributed by atoms with Crippen molar-refractivity contribution in [3.63, 3.8) is 0 Å². The normalized spacial score (nSPS) is 35.5. The van der Waals surface area contributed by atoms with Crippen LogP contribution in [-0.4, -0.2) is 41.9 Å². The second-order valence-electron chi connectivity index (χ2n) is 6.49. The van der Waals surface area contributed by atoms with Gasteiger partial charge in [-0.15, -0.1) is 0 Å². The lowest BCUT2D eigenvalue weighted by Crippen LogP contribution is -2.63. The SMILES string of the molecule is CC1CCCCN1S(=O)(=O)NC1(C(=O)O)CCCCC1C. The molecule has 0 radical (unpaired) electrons. The van der Waals surface area contributed by atoms with Crippen LogP contribution in [0.2, 0.25) is 0 Å². The summed E-state index contributed by atoms with van der Waals surface area (Å²) < 4.78 is 29.3. The molecule has 1 saturated heterocycles. The highest BCUT2D eigenvalue weighted by atomic mass is 32.2. The fourth-order valence-electron chi connectivity index (χ4n) is 3.58. The summed E-state index contributed by atoms with van der Waals surface area (Å²) in [6, 6.07) is -0.0685. The van der Waals surface area contributed by atoms with E-state index in [1.54, 1.807) is 0 Å². The first-order chi connectivity index (χ1) is 9.79. The van der Waals surface area contributed by atoms with Crippen LogP contribution in [0.15, 0.2) is 0 Å². The third kappa shape index (κ3) is 3.24. The minimum absolute atomic E-state index is 0.0685. The number of rotatable bonds is 4. The van der Waals surface area contributed by atoms with E-state index >= 15 is 0 Å². The topological polar surface area (TPSA) is 86.7 Å². The van der Waals surface area contributed by atoms with Crippen molar-refractivity contribution in [3.05, 3.63) is 0 Å². The second-order valence-corrected chi connectivity index (χ2v) is 8.11. The Balaban J connectivity index is 2.25. The number of piperidine rings is 1. The van der Waals surface area contributed by atoms with Crippen LogP contribution in [0.3, 0.4) is 0 Å². The third-order valence-electron chi connectivity index (χ3n) is 5.04. The van der Waals surface area contributed by atoms with Crippen molar-refractivity contribution < 1.29 is 18.3 Å². The van der Waals surface area contributed by atoms with Crippen molar-refractivity contribution in [3.8, 4) is 0 Å². The maximum Gasteiger partial charge on any atom is 0.325 e. The van der Waals surface area contributed by atoms with Gasteiger partial charge >= 0.3 is 5.97 Å². The van der Waals surface area contributed by atoms with Crippen LogP contribution in [0, 0.1) is 5.92 Å². The van der Waals surface area contributed by atoms with Crippen LogP contribution in [-0.2, 0) is 15.0 Å². The third-order valence-corrected chi connectivity index (χ3v) is 6.83. The molecule has 21 heavy (non-hydrogen) atoms. The number of nitrogens with one attached hydrogen (secondary N) is 1. The minimum Gasteiger partial charge on any atom is -0.480 e. The van der Waals surface area contributed by atoms with Gasteiger partial charge in [0.25, 0.3) is 10.2 Å². The van der Waals surface area contributed by atoms with Gasteiger partial charge in [-0.05, 0) is 38.5 Å². The summed E-state index contributed by atoms with van der Waals surface area (Å²) >= 11 is 0. The van der Waals surface area contributed by atoms with E-state index in [0.29, 0.717) is 13.0 Å². The van der Waals surface area contributed by atoms with Crippen LogP contribution < -0.4 is 4.72 Å². The average Bonchev–Trinajstić information content (AvgIpc) is 2.41. The summed E-state index contributed by atoms with van der Waals surface area (Å²) in [6.45, 7) is 4.19. The number of hydrogen-bond acceptors (Lipinski definition) is 3. The van der Waals surface area contributed by atoms with E-state index in [9.17, 15) is 18.3 Å². The molecule has 3 atom stereocenters. The Kier molecular flexibility index (Phi) is 4.95. The van der Waals surface area contributed by atoms with E-state index in [4.69, 9.17) is 0 Å². The van der Waals surface area contributed by atoms with Gasteiger partial charge in [-0.2, -0.15) is 17.4 Å². The molecule has 2 rings (SSSR count). The van der Waals surface area contributed by atoms with E-state index in [1.807, 2.05) is 13.8 Å². The fourth-order valence-corrected chi connectivity index (χ4v) is 5.49. The largest absolute Gasteiger partial charge is 0.480 e. The Morgan fingerprint density at radius 1 is 1.19 bits per heavy atom. The summed E-state index contributed by atoms with van der Waals surface area (Å²) in [5.74, 6) is -1.25. The van der Waals surface area contributed by atoms with Crippen LogP contribution in [0.1, 0.15) is 58.8 Å². The minimum atomic E-state index is -3.77. The predicted molar refractivity (Wildman–Crippen MR) is 80.1 cm³/mol. The predicted octanol–water partition coefficient (Wildman–Crippen LogP) is 1.73. The van der Waals surface area contributed by atoms with Gasteiger partial charge in [-0.1, -0.05) is 26.2 Å². The zero-order valence-electron chi connectivity index (χ0n) is 12.8. The Labute approximate surface area is 127 Å². The molecule has 1 aliphatic heterocycles. The molecule has 0 aromatic heterocycles. The fraction of sp³-hybridized carbons (Fsp3) is 0.929. The van der Waals surface area contributed by atoms with Crippen LogP contribution in [0.4, 0.5) is 0 Å². The van der Waals surface area contributed by atoms with Crippen molar-refractivity contribution in [1.29, 1.82) is 0 Å². The van der Waals surface area contributed by atoms with Crippen molar-refractivity contribution in [1.82, 2.24) is 9.03 Å². The molecular formula is C14H26N2O4S. The van der Waals surface area contributed by atoms with Gasteiger partial charge in [0.2, 0.25) is 0 Å². The summed E-state index contributed by atoms with van der Waals surface area (Å²) in [6.07, 6.45) is 5.49. The maximum absolute atomic E-state index is 12.7. The highest BCUT2D eigenvalue weighted by Gasteiger charge is 2.49. The standard InChI is InChI=1S/C14H26N2O4S/c1-11-7-3-5-9-14(11,13(17)18)15-21(19,20)16-10-6-4-8-12(16)2/h11-12,15H,3-10H2,1-2H3,(H,17,18). The number of nitrogens with zero attached hydrogens (tertiary/aromatic N) is 1. The lowest BCUT2D eigenvalue weighted by atomic mass is 9.74. The van der Waals surface area contributed by atoms with Gasteiger partial charge in [0.1, 0.15) is 5.54 Å². The quantitative estimate of drug-likeness (QED) is 0.826. The molecule has 1 heterocycles. The number of hydrogen-bond donors (Lipinski definition) is 2. The van der Waals surface area contributed by atoms with Gasteiger partial charge < -0.3 is 5.11 Å². The van der Waals surface area contributed by atoms with Gasteiger partial charge in [0.15, 0.2) is 0 Å². The lowest BCUT2D eigenvalue weighted by molar-refractivity contribution is -0.147. The monoisotopic (exact) mass is 318 g/mol. The highest BCUT2D eigenvalue weighted by molar-refractivity contribution is 7.87. The zero-order valence-corrected chi connectivity index (χ0v) is 13.7. The van der Waals surface area contributed by atoms with Crippen LogP contribution >= 0.6 is 0 Å². The average molecular weight is 318 g/mol. The Bertz CT molecular complexity index is 493. The molecule has 2 aliphatic rings. The van der Waals surface area contributed by atoms with E-state index in [1.165, 1.54) is 4.31 Å². The first-order valence-corrected chi connectivity index (χ1v) is 9.28.